The van der Waals surface area contributed by atoms with Gasteiger partial charge in [-0.3, -0.25) is 9.97 Å². The number of fused-ring (bicyclic) bond motifs is 4. The summed E-state index contributed by atoms with van der Waals surface area (Å²) in [5.74, 6) is 2.97. The average Bonchev–Trinajstić information content (AvgIpc) is 2.88. The minimum atomic E-state index is 0.746. The molecule has 24 heavy (non-hydrogen) atoms. The molecule has 0 bridgehead atoms. The van der Waals surface area contributed by atoms with Gasteiger partial charge in [-0.1, -0.05) is 24.3 Å². The number of benzene rings is 1. The molecule has 0 saturated heterocycles. The fourth-order valence-corrected chi connectivity index (χ4v) is 3.08. The van der Waals surface area contributed by atoms with Crippen molar-refractivity contribution >= 4 is 39.6 Å². The number of hydrogen-bond acceptors (Lipinski definition) is 4. The van der Waals surface area contributed by atoms with Crippen molar-refractivity contribution < 1.29 is 4.42 Å². The quantitative estimate of drug-likeness (QED) is 0.543. The lowest BCUT2D eigenvalue weighted by molar-refractivity contribution is 0.666. The van der Waals surface area contributed by atoms with Crippen LogP contribution in [0, 0.1) is 0 Å². The van der Waals surface area contributed by atoms with Crippen LogP contribution in [0.5, 0.6) is 0 Å². The number of nitrogens with zero attached hydrogens (tertiary/aromatic N) is 3. The number of aliphatic imine (C=N–C) groups is 1. The van der Waals surface area contributed by atoms with Crippen LogP contribution in [0.4, 0.5) is 0 Å². The summed E-state index contributed by atoms with van der Waals surface area (Å²) in [5.41, 5.74) is 3.11. The number of furan rings is 1. The van der Waals surface area contributed by atoms with E-state index in [0.29, 0.717) is 0 Å². The lowest BCUT2D eigenvalue weighted by atomic mass is 10.1. The molecule has 1 aliphatic rings. The molecule has 5 rings (SSSR count). The molecule has 4 heterocycles. The Morgan fingerprint density at radius 2 is 1.92 bits per heavy atom. The van der Waals surface area contributed by atoms with E-state index in [-0.39, 0.29) is 0 Å². The molecule has 0 fully saturated rings. The molecule has 0 amide bonds. The third-order valence-corrected chi connectivity index (χ3v) is 4.14. The fourth-order valence-electron chi connectivity index (χ4n) is 3.08. The predicted molar refractivity (Wildman–Crippen MR) is 94.0 cm³/mol. The molecule has 4 aromatic rings. The Morgan fingerprint density at radius 3 is 2.92 bits per heavy atom. The van der Waals surface area contributed by atoms with Crippen LogP contribution in [0.3, 0.4) is 0 Å². The second-order valence-corrected chi connectivity index (χ2v) is 5.52. The average molecular weight is 309 g/mol. The van der Waals surface area contributed by atoms with Crippen molar-refractivity contribution in [1.29, 1.82) is 0 Å². The van der Waals surface area contributed by atoms with Gasteiger partial charge in [0.05, 0.1) is 11.6 Å². The molecular weight excluding hydrogens is 298 g/mol. The molecule has 4 nitrogen and oxygen atoms in total. The standard InChI is InChI=1S/C20H11N3O/c1-2-6-14-13(4-1)5-3-9-22-19(14)20-18-15-7-10-21-12-17(15)24-16(18)8-11-23-20/h1-8,10-12H. The largest absolute Gasteiger partial charge is 0.454 e. The molecule has 0 radical (unpaired) electrons. The van der Waals surface area contributed by atoms with Crippen molar-refractivity contribution in [3.05, 3.63) is 77.2 Å². The summed E-state index contributed by atoms with van der Waals surface area (Å²) in [6.45, 7) is 0. The summed E-state index contributed by atoms with van der Waals surface area (Å²) >= 11 is 0. The van der Waals surface area contributed by atoms with E-state index in [0.717, 1.165) is 43.8 Å². The molecule has 1 aromatic carbocycles. The monoisotopic (exact) mass is 309 g/mol. The van der Waals surface area contributed by atoms with E-state index < -0.39 is 0 Å². The van der Waals surface area contributed by atoms with Gasteiger partial charge in [-0.2, -0.15) is 0 Å². The van der Waals surface area contributed by atoms with Crippen molar-refractivity contribution in [3.8, 4) is 0 Å². The van der Waals surface area contributed by atoms with Crippen LogP contribution >= 0.6 is 0 Å². The van der Waals surface area contributed by atoms with Gasteiger partial charge in [0.1, 0.15) is 17.0 Å². The Morgan fingerprint density at radius 1 is 0.958 bits per heavy atom. The van der Waals surface area contributed by atoms with Gasteiger partial charge < -0.3 is 4.42 Å². The first kappa shape index (κ1) is 13.0. The number of hydrogen-bond donors (Lipinski definition) is 0. The Kier molecular flexibility index (Phi) is 2.72. The van der Waals surface area contributed by atoms with Crippen LogP contribution in [-0.2, 0) is 0 Å². The maximum atomic E-state index is 5.91. The molecule has 3 aromatic heterocycles. The van der Waals surface area contributed by atoms with Crippen LogP contribution in [0.2, 0.25) is 0 Å². The fraction of sp³-hybridized carbons (Fsp3) is 0. The highest BCUT2D eigenvalue weighted by Crippen LogP contribution is 2.32. The predicted octanol–water partition coefficient (Wildman–Crippen LogP) is 2.55. The maximum absolute atomic E-state index is 5.91. The highest BCUT2D eigenvalue weighted by atomic mass is 16.3. The zero-order valence-electron chi connectivity index (χ0n) is 12.6. The minimum absolute atomic E-state index is 0.746. The van der Waals surface area contributed by atoms with Gasteiger partial charge in [-0.15, -0.1) is 0 Å². The SMILES string of the molecule is C1=CC=c2ccccc2=C(c2nccc3oc4cnccc4c23)N=1. The topological polar surface area (TPSA) is 51.3 Å². The van der Waals surface area contributed by atoms with Gasteiger partial charge in [-0.05, 0) is 29.3 Å². The van der Waals surface area contributed by atoms with E-state index in [4.69, 9.17) is 4.42 Å². The lowest BCUT2D eigenvalue weighted by Crippen LogP contribution is -2.26. The molecule has 1 aliphatic heterocycles. The Hall–Kier alpha value is -3.49. The molecular formula is C20H11N3O. The number of allylic oxidation sites excluding steroid dienone is 1. The van der Waals surface area contributed by atoms with Gasteiger partial charge >= 0.3 is 0 Å². The molecule has 4 heteroatoms. The first-order valence-electron chi connectivity index (χ1n) is 7.62. The van der Waals surface area contributed by atoms with E-state index in [1.54, 1.807) is 18.6 Å². The second-order valence-electron chi connectivity index (χ2n) is 5.52. The van der Waals surface area contributed by atoms with Crippen molar-refractivity contribution in [1.82, 2.24) is 9.97 Å². The maximum Gasteiger partial charge on any atom is 0.153 e. The van der Waals surface area contributed by atoms with Crippen molar-refractivity contribution in [2.75, 3.05) is 0 Å². The van der Waals surface area contributed by atoms with Gasteiger partial charge in [0, 0.05) is 29.1 Å². The number of aromatic nitrogens is 2. The van der Waals surface area contributed by atoms with Crippen molar-refractivity contribution in [2.24, 2.45) is 4.99 Å². The Balaban J connectivity index is 2.01. The summed E-state index contributed by atoms with van der Waals surface area (Å²) in [5, 5.41) is 4.06. The Bertz CT molecular complexity index is 1290. The highest BCUT2D eigenvalue weighted by Gasteiger charge is 2.15. The summed E-state index contributed by atoms with van der Waals surface area (Å²) < 4.78 is 5.91. The first-order valence-corrected chi connectivity index (χ1v) is 7.62. The molecule has 0 unspecified atom stereocenters. The van der Waals surface area contributed by atoms with E-state index in [9.17, 15) is 0 Å². The third kappa shape index (κ3) is 1.84. The normalized spacial score (nSPS) is 13.1. The first-order chi connectivity index (χ1) is 11.9. The van der Waals surface area contributed by atoms with Crippen molar-refractivity contribution in [2.45, 2.75) is 0 Å². The molecule has 0 N–H and O–H groups in total. The van der Waals surface area contributed by atoms with Crippen LogP contribution < -0.4 is 10.4 Å². The highest BCUT2D eigenvalue weighted by molar-refractivity contribution is 6.09. The molecule has 0 spiro atoms. The van der Waals surface area contributed by atoms with E-state index in [1.165, 1.54) is 0 Å². The number of pyridine rings is 2. The molecule has 0 aliphatic carbocycles. The van der Waals surface area contributed by atoms with E-state index >= 15 is 0 Å². The smallest absolute Gasteiger partial charge is 0.153 e. The molecule has 112 valence electrons. The van der Waals surface area contributed by atoms with E-state index in [2.05, 4.69) is 33.0 Å². The lowest BCUT2D eigenvalue weighted by Gasteiger charge is -2.03. The minimum Gasteiger partial charge on any atom is -0.454 e. The van der Waals surface area contributed by atoms with Crippen LogP contribution in [0.15, 0.2) is 70.5 Å². The molecule has 0 atom stereocenters. The summed E-state index contributed by atoms with van der Waals surface area (Å²) in [6.07, 6.45) is 9.06. The Labute approximate surface area is 136 Å². The summed E-state index contributed by atoms with van der Waals surface area (Å²) in [6, 6.07) is 11.9. The third-order valence-electron chi connectivity index (χ3n) is 4.14. The van der Waals surface area contributed by atoms with Gasteiger partial charge in [-0.25, -0.2) is 4.99 Å². The number of rotatable bonds is 1. The van der Waals surface area contributed by atoms with Crippen LogP contribution in [0.1, 0.15) is 5.69 Å². The van der Waals surface area contributed by atoms with Gasteiger partial charge in [0.25, 0.3) is 0 Å². The van der Waals surface area contributed by atoms with Crippen molar-refractivity contribution in [3.63, 3.8) is 0 Å². The van der Waals surface area contributed by atoms with Gasteiger partial charge in [0.2, 0.25) is 0 Å². The second kappa shape index (κ2) is 5.01. The van der Waals surface area contributed by atoms with Gasteiger partial charge in [0.15, 0.2) is 5.58 Å². The van der Waals surface area contributed by atoms with E-state index in [1.807, 2.05) is 36.4 Å². The molecule has 0 saturated carbocycles. The zero-order chi connectivity index (χ0) is 15.9. The zero-order valence-corrected chi connectivity index (χ0v) is 12.6. The van der Waals surface area contributed by atoms with Crippen LogP contribution in [0.25, 0.3) is 33.7 Å². The summed E-state index contributed by atoms with van der Waals surface area (Å²) in [4.78, 5) is 13.3. The van der Waals surface area contributed by atoms with Crippen LogP contribution in [-0.4, -0.2) is 15.8 Å². The summed E-state index contributed by atoms with van der Waals surface area (Å²) in [7, 11) is 0.